The second-order valence-corrected chi connectivity index (χ2v) is 2.42. The predicted molar refractivity (Wildman–Crippen MR) is 48.6 cm³/mol. The van der Waals surface area contributed by atoms with Gasteiger partial charge in [0.25, 0.3) is 0 Å². The fourth-order valence-corrected chi connectivity index (χ4v) is 0.827. The molecule has 0 amide bonds. The SMILES string of the molecule is Oc1cccc(OC/C=C/Cl)c1. The molecule has 1 aromatic rings. The fourth-order valence-electron chi connectivity index (χ4n) is 0.754. The first kappa shape index (κ1) is 8.94. The molecule has 0 radical (unpaired) electrons. The van der Waals surface area contributed by atoms with E-state index in [4.69, 9.17) is 21.4 Å². The molecule has 0 saturated heterocycles. The zero-order valence-electron chi connectivity index (χ0n) is 6.40. The Morgan fingerprint density at radius 1 is 1.50 bits per heavy atom. The van der Waals surface area contributed by atoms with Crippen LogP contribution in [0, 0.1) is 0 Å². The van der Waals surface area contributed by atoms with E-state index in [1.165, 1.54) is 5.54 Å². The van der Waals surface area contributed by atoms with E-state index in [1.807, 2.05) is 0 Å². The third-order valence-electron chi connectivity index (χ3n) is 1.25. The van der Waals surface area contributed by atoms with Gasteiger partial charge in [0.05, 0.1) is 0 Å². The van der Waals surface area contributed by atoms with Crippen LogP contribution in [0.2, 0.25) is 0 Å². The number of aromatic hydroxyl groups is 1. The maximum atomic E-state index is 9.05. The average molecular weight is 185 g/mol. The maximum absolute atomic E-state index is 9.05. The molecule has 1 N–H and O–H groups in total. The third kappa shape index (κ3) is 2.84. The van der Waals surface area contributed by atoms with Crippen molar-refractivity contribution in [3.8, 4) is 11.5 Å². The summed E-state index contributed by atoms with van der Waals surface area (Å²) in [6, 6.07) is 6.61. The Kier molecular flexibility index (Phi) is 3.48. The highest BCUT2D eigenvalue weighted by molar-refractivity contribution is 6.25. The van der Waals surface area contributed by atoms with Gasteiger partial charge in [-0.3, -0.25) is 0 Å². The molecule has 0 saturated carbocycles. The van der Waals surface area contributed by atoms with Crippen LogP contribution in [0.1, 0.15) is 0 Å². The van der Waals surface area contributed by atoms with Crippen molar-refractivity contribution in [1.82, 2.24) is 0 Å². The van der Waals surface area contributed by atoms with Crippen LogP contribution in [0.25, 0.3) is 0 Å². The maximum Gasteiger partial charge on any atom is 0.123 e. The molecule has 1 rings (SSSR count). The Labute approximate surface area is 76.0 Å². The Hall–Kier alpha value is -1.15. The van der Waals surface area contributed by atoms with Crippen LogP contribution in [0.3, 0.4) is 0 Å². The van der Waals surface area contributed by atoms with E-state index in [0.29, 0.717) is 12.4 Å². The molecule has 0 aliphatic heterocycles. The van der Waals surface area contributed by atoms with Crippen LogP contribution >= 0.6 is 11.6 Å². The van der Waals surface area contributed by atoms with Gasteiger partial charge in [-0.15, -0.1) is 0 Å². The highest BCUT2D eigenvalue weighted by Gasteiger charge is 1.91. The van der Waals surface area contributed by atoms with Gasteiger partial charge < -0.3 is 9.84 Å². The lowest BCUT2D eigenvalue weighted by molar-refractivity contribution is 0.359. The van der Waals surface area contributed by atoms with Crippen molar-refractivity contribution in [2.24, 2.45) is 0 Å². The highest BCUT2D eigenvalue weighted by Crippen LogP contribution is 2.17. The van der Waals surface area contributed by atoms with Gasteiger partial charge >= 0.3 is 0 Å². The van der Waals surface area contributed by atoms with Crippen molar-refractivity contribution in [2.75, 3.05) is 6.61 Å². The normalized spacial score (nSPS) is 10.4. The van der Waals surface area contributed by atoms with Crippen LogP contribution < -0.4 is 4.74 Å². The lowest BCUT2D eigenvalue weighted by atomic mass is 10.3. The van der Waals surface area contributed by atoms with E-state index in [0.717, 1.165) is 0 Å². The van der Waals surface area contributed by atoms with Crippen molar-refractivity contribution in [3.05, 3.63) is 35.9 Å². The number of hydrogen-bond acceptors (Lipinski definition) is 2. The summed E-state index contributed by atoms with van der Waals surface area (Å²) < 4.78 is 5.20. The van der Waals surface area contributed by atoms with Crippen molar-refractivity contribution in [1.29, 1.82) is 0 Å². The molecule has 1 aromatic carbocycles. The molecule has 0 aliphatic rings. The number of rotatable bonds is 3. The molecule has 0 heterocycles. The topological polar surface area (TPSA) is 29.5 Å². The standard InChI is InChI=1S/C9H9ClO2/c10-5-2-6-12-9-4-1-3-8(11)7-9/h1-5,7,11H,6H2/b5-2+. The second-order valence-electron chi connectivity index (χ2n) is 2.17. The van der Waals surface area contributed by atoms with E-state index >= 15 is 0 Å². The fraction of sp³-hybridized carbons (Fsp3) is 0.111. The van der Waals surface area contributed by atoms with Gasteiger partial charge in [-0.1, -0.05) is 17.7 Å². The number of hydrogen-bond donors (Lipinski definition) is 1. The minimum absolute atomic E-state index is 0.197. The summed E-state index contributed by atoms with van der Waals surface area (Å²) in [4.78, 5) is 0. The van der Waals surface area contributed by atoms with Gasteiger partial charge in [-0.2, -0.15) is 0 Å². The Morgan fingerprint density at radius 2 is 2.33 bits per heavy atom. The van der Waals surface area contributed by atoms with Crippen molar-refractivity contribution >= 4 is 11.6 Å². The molecule has 2 nitrogen and oxygen atoms in total. The van der Waals surface area contributed by atoms with E-state index < -0.39 is 0 Å². The lowest BCUT2D eigenvalue weighted by Crippen LogP contribution is -1.91. The molecule has 0 aliphatic carbocycles. The zero-order valence-corrected chi connectivity index (χ0v) is 7.16. The number of ether oxygens (including phenoxy) is 1. The van der Waals surface area contributed by atoms with E-state index in [2.05, 4.69) is 0 Å². The molecule has 0 spiro atoms. The lowest BCUT2D eigenvalue weighted by Gasteiger charge is -2.01. The molecule has 0 unspecified atom stereocenters. The van der Waals surface area contributed by atoms with Gasteiger partial charge in [0.1, 0.15) is 18.1 Å². The van der Waals surface area contributed by atoms with Gasteiger partial charge in [0.15, 0.2) is 0 Å². The monoisotopic (exact) mass is 184 g/mol. The number of phenols is 1. The average Bonchev–Trinajstić information content (AvgIpc) is 2.05. The number of halogens is 1. The molecule has 0 aromatic heterocycles. The third-order valence-corrected chi connectivity index (χ3v) is 1.43. The van der Waals surface area contributed by atoms with Crippen LogP contribution in [-0.4, -0.2) is 11.7 Å². The smallest absolute Gasteiger partial charge is 0.123 e. The molecule has 0 fully saturated rings. The second kappa shape index (κ2) is 4.67. The molecular weight excluding hydrogens is 176 g/mol. The molecule has 0 atom stereocenters. The summed E-state index contributed by atoms with van der Waals surface area (Å²) in [5, 5.41) is 9.05. The van der Waals surface area contributed by atoms with Crippen LogP contribution in [0.15, 0.2) is 35.9 Å². The summed E-state index contributed by atoms with van der Waals surface area (Å²) in [5.41, 5.74) is 1.39. The molecule has 3 heteroatoms. The summed E-state index contributed by atoms with van der Waals surface area (Å²) in [5.74, 6) is 0.826. The largest absolute Gasteiger partial charge is 0.508 e. The molecule has 64 valence electrons. The van der Waals surface area contributed by atoms with Gasteiger partial charge in [0.2, 0.25) is 0 Å². The van der Waals surface area contributed by atoms with Crippen molar-refractivity contribution < 1.29 is 9.84 Å². The van der Waals surface area contributed by atoms with E-state index in [9.17, 15) is 0 Å². The first-order chi connectivity index (χ1) is 5.83. The van der Waals surface area contributed by atoms with Gasteiger partial charge in [-0.05, 0) is 18.2 Å². The van der Waals surface area contributed by atoms with Gasteiger partial charge in [0, 0.05) is 11.6 Å². The highest BCUT2D eigenvalue weighted by atomic mass is 35.5. The number of phenolic OH excluding ortho intramolecular Hbond substituents is 1. The predicted octanol–water partition coefficient (Wildman–Crippen LogP) is 2.52. The summed E-state index contributed by atoms with van der Waals surface area (Å²) >= 11 is 5.29. The van der Waals surface area contributed by atoms with Crippen LogP contribution in [0.5, 0.6) is 11.5 Å². The minimum atomic E-state index is 0.197. The quantitative estimate of drug-likeness (QED) is 0.782. The summed E-state index contributed by atoms with van der Waals surface area (Å²) in [6.45, 7) is 0.410. The Bertz CT molecular complexity index is 271. The molecular formula is C9H9ClO2. The minimum Gasteiger partial charge on any atom is -0.508 e. The molecule has 12 heavy (non-hydrogen) atoms. The number of benzene rings is 1. The van der Waals surface area contributed by atoms with Crippen LogP contribution in [-0.2, 0) is 0 Å². The first-order valence-electron chi connectivity index (χ1n) is 3.50. The van der Waals surface area contributed by atoms with Gasteiger partial charge in [-0.25, -0.2) is 0 Å². The van der Waals surface area contributed by atoms with E-state index in [-0.39, 0.29) is 5.75 Å². The first-order valence-corrected chi connectivity index (χ1v) is 3.93. The molecule has 0 bridgehead atoms. The van der Waals surface area contributed by atoms with Crippen molar-refractivity contribution in [3.63, 3.8) is 0 Å². The Morgan fingerprint density at radius 3 is 3.00 bits per heavy atom. The van der Waals surface area contributed by atoms with Crippen molar-refractivity contribution in [2.45, 2.75) is 0 Å². The summed E-state index contributed by atoms with van der Waals surface area (Å²) in [7, 11) is 0. The Balaban J connectivity index is 2.52. The van der Waals surface area contributed by atoms with Crippen LogP contribution in [0.4, 0.5) is 0 Å². The summed E-state index contributed by atoms with van der Waals surface area (Å²) in [6.07, 6.45) is 1.67. The van der Waals surface area contributed by atoms with E-state index in [1.54, 1.807) is 30.3 Å². The zero-order chi connectivity index (χ0) is 8.81.